The molecule has 0 amide bonds. The average molecular weight is 241 g/mol. The summed E-state index contributed by atoms with van der Waals surface area (Å²) in [6, 6.07) is 2.60. The highest BCUT2D eigenvalue weighted by molar-refractivity contribution is 5.48. The van der Waals surface area contributed by atoms with Gasteiger partial charge < -0.3 is 9.73 Å². The van der Waals surface area contributed by atoms with Gasteiger partial charge in [0.15, 0.2) is 11.6 Å². The van der Waals surface area contributed by atoms with Gasteiger partial charge in [-0.1, -0.05) is 0 Å². The highest BCUT2D eigenvalue weighted by Gasteiger charge is 2.15. The number of anilines is 1. The first-order valence-corrected chi connectivity index (χ1v) is 5.01. The molecule has 0 spiro atoms. The van der Waals surface area contributed by atoms with Gasteiger partial charge in [-0.15, -0.1) is 0 Å². The number of furan rings is 1. The van der Waals surface area contributed by atoms with Gasteiger partial charge in [-0.05, 0) is 13.0 Å². The van der Waals surface area contributed by atoms with Crippen molar-refractivity contribution in [2.75, 3.05) is 5.32 Å². The van der Waals surface area contributed by atoms with Gasteiger partial charge in [0.2, 0.25) is 0 Å². The van der Waals surface area contributed by atoms with Gasteiger partial charge in [0.1, 0.15) is 11.5 Å². The fraction of sp³-hybridized carbons (Fsp3) is 0.167. The minimum absolute atomic E-state index is 0.344. The van der Waals surface area contributed by atoms with Crippen LogP contribution in [0.4, 0.5) is 18.9 Å². The monoisotopic (exact) mass is 241 g/mol. The molecular formula is C12H10F3NO. The third kappa shape index (κ3) is 2.43. The fourth-order valence-electron chi connectivity index (χ4n) is 1.50. The molecule has 90 valence electrons. The minimum Gasteiger partial charge on any atom is -0.472 e. The maximum Gasteiger partial charge on any atom is 0.152 e. The molecule has 0 saturated heterocycles. The van der Waals surface area contributed by atoms with E-state index in [4.69, 9.17) is 4.42 Å². The molecule has 1 atom stereocenters. The largest absolute Gasteiger partial charge is 0.472 e. The first-order valence-electron chi connectivity index (χ1n) is 5.01. The molecule has 5 heteroatoms. The molecule has 0 bridgehead atoms. The van der Waals surface area contributed by atoms with Crippen LogP contribution in [0.2, 0.25) is 0 Å². The molecule has 2 nitrogen and oxygen atoms in total. The summed E-state index contributed by atoms with van der Waals surface area (Å²) in [5, 5.41) is 2.63. The zero-order valence-corrected chi connectivity index (χ0v) is 9.01. The van der Waals surface area contributed by atoms with E-state index in [0.29, 0.717) is 12.1 Å². The van der Waals surface area contributed by atoms with Crippen molar-refractivity contribution in [3.8, 4) is 0 Å². The van der Waals surface area contributed by atoms with Crippen LogP contribution in [0.25, 0.3) is 0 Å². The Bertz CT molecular complexity index is 487. The maximum absolute atomic E-state index is 13.3. The van der Waals surface area contributed by atoms with Crippen molar-refractivity contribution in [3.05, 3.63) is 53.7 Å². The molecule has 0 aliphatic carbocycles. The predicted octanol–water partition coefficient (Wildman–Crippen LogP) is 3.87. The summed E-state index contributed by atoms with van der Waals surface area (Å²) in [6.45, 7) is 1.72. The summed E-state index contributed by atoms with van der Waals surface area (Å²) in [6.07, 6.45) is 2.93. The lowest BCUT2D eigenvalue weighted by Crippen LogP contribution is -2.09. The summed E-state index contributed by atoms with van der Waals surface area (Å²) in [4.78, 5) is 0. The van der Waals surface area contributed by atoms with Crippen molar-refractivity contribution in [3.63, 3.8) is 0 Å². The molecule has 17 heavy (non-hydrogen) atoms. The molecule has 0 saturated carbocycles. The van der Waals surface area contributed by atoms with Crippen molar-refractivity contribution in [2.24, 2.45) is 0 Å². The Balaban J connectivity index is 2.25. The van der Waals surface area contributed by atoms with E-state index in [-0.39, 0.29) is 11.7 Å². The molecule has 1 aromatic carbocycles. The van der Waals surface area contributed by atoms with Gasteiger partial charge in [0.05, 0.1) is 18.6 Å². The first kappa shape index (κ1) is 11.6. The molecule has 0 radical (unpaired) electrons. The number of rotatable bonds is 3. The van der Waals surface area contributed by atoms with Crippen LogP contribution < -0.4 is 5.32 Å². The zero-order valence-electron chi connectivity index (χ0n) is 9.01. The number of hydrogen-bond donors (Lipinski definition) is 1. The SMILES string of the molecule is CC(Nc1c(F)cc(F)cc1F)c1ccoc1. The van der Waals surface area contributed by atoms with Crippen molar-refractivity contribution in [1.29, 1.82) is 0 Å². The fourth-order valence-corrected chi connectivity index (χ4v) is 1.50. The van der Waals surface area contributed by atoms with E-state index in [2.05, 4.69) is 5.32 Å². The van der Waals surface area contributed by atoms with Crippen LogP contribution in [0, 0.1) is 17.5 Å². The van der Waals surface area contributed by atoms with E-state index in [0.717, 1.165) is 5.56 Å². The van der Waals surface area contributed by atoms with Gasteiger partial charge in [-0.2, -0.15) is 0 Å². The summed E-state index contributed by atoms with van der Waals surface area (Å²) < 4.78 is 44.3. The Morgan fingerprint density at radius 1 is 1.18 bits per heavy atom. The standard InChI is InChI=1S/C12H10F3NO/c1-7(8-2-3-17-6-8)16-12-10(14)4-9(13)5-11(12)15/h2-7,16H,1H3. The van der Waals surface area contributed by atoms with E-state index >= 15 is 0 Å². The van der Waals surface area contributed by atoms with E-state index in [1.807, 2.05) is 0 Å². The average Bonchev–Trinajstić information content (AvgIpc) is 2.76. The Hall–Kier alpha value is -1.91. The molecule has 1 N–H and O–H groups in total. The second-order valence-electron chi connectivity index (χ2n) is 3.67. The summed E-state index contributed by atoms with van der Waals surface area (Å²) >= 11 is 0. The highest BCUT2D eigenvalue weighted by atomic mass is 19.1. The van der Waals surface area contributed by atoms with Crippen LogP contribution in [0.3, 0.4) is 0 Å². The molecule has 0 aliphatic heterocycles. The smallest absolute Gasteiger partial charge is 0.152 e. The van der Waals surface area contributed by atoms with Gasteiger partial charge in [0, 0.05) is 17.7 Å². The second kappa shape index (κ2) is 4.53. The maximum atomic E-state index is 13.3. The van der Waals surface area contributed by atoms with Crippen molar-refractivity contribution >= 4 is 5.69 Å². The van der Waals surface area contributed by atoms with E-state index in [1.165, 1.54) is 12.5 Å². The van der Waals surface area contributed by atoms with Crippen LogP contribution in [0.1, 0.15) is 18.5 Å². The quantitative estimate of drug-likeness (QED) is 0.882. The number of benzene rings is 1. The molecule has 0 fully saturated rings. The van der Waals surface area contributed by atoms with Crippen molar-refractivity contribution < 1.29 is 17.6 Å². The predicted molar refractivity (Wildman–Crippen MR) is 57.1 cm³/mol. The van der Waals surface area contributed by atoms with E-state index < -0.39 is 17.5 Å². The molecule has 1 heterocycles. The number of nitrogens with one attached hydrogen (secondary N) is 1. The van der Waals surface area contributed by atoms with E-state index in [9.17, 15) is 13.2 Å². The third-order valence-electron chi connectivity index (χ3n) is 2.41. The molecule has 1 aromatic heterocycles. The molecular weight excluding hydrogens is 231 g/mol. The van der Waals surface area contributed by atoms with Crippen LogP contribution in [0.15, 0.2) is 35.1 Å². The van der Waals surface area contributed by atoms with Crippen molar-refractivity contribution in [1.82, 2.24) is 0 Å². The Morgan fingerprint density at radius 3 is 2.35 bits per heavy atom. The molecule has 1 unspecified atom stereocenters. The summed E-state index contributed by atoms with van der Waals surface area (Å²) in [5.74, 6) is -2.86. The first-order chi connectivity index (χ1) is 8.08. The lowest BCUT2D eigenvalue weighted by atomic mass is 10.1. The van der Waals surface area contributed by atoms with E-state index in [1.54, 1.807) is 13.0 Å². The number of hydrogen-bond acceptors (Lipinski definition) is 2. The molecule has 2 aromatic rings. The normalized spacial score (nSPS) is 12.5. The molecule has 2 rings (SSSR count). The van der Waals surface area contributed by atoms with Crippen LogP contribution in [-0.4, -0.2) is 0 Å². The Morgan fingerprint density at radius 2 is 1.82 bits per heavy atom. The Kier molecular flexibility index (Phi) is 3.08. The van der Waals surface area contributed by atoms with Gasteiger partial charge >= 0.3 is 0 Å². The molecule has 0 aliphatic rings. The van der Waals surface area contributed by atoms with Crippen molar-refractivity contribution in [2.45, 2.75) is 13.0 Å². The topological polar surface area (TPSA) is 25.2 Å². The zero-order chi connectivity index (χ0) is 12.4. The Labute approximate surface area is 96.1 Å². The third-order valence-corrected chi connectivity index (χ3v) is 2.41. The lowest BCUT2D eigenvalue weighted by molar-refractivity contribution is 0.543. The summed E-state index contributed by atoms with van der Waals surface area (Å²) in [5.41, 5.74) is 0.397. The van der Waals surface area contributed by atoms with Gasteiger partial charge in [-0.3, -0.25) is 0 Å². The van der Waals surface area contributed by atoms with Crippen LogP contribution in [-0.2, 0) is 0 Å². The van der Waals surface area contributed by atoms with Gasteiger partial charge in [-0.25, -0.2) is 13.2 Å². The second-order valence-corrected chi connectivity index (χ2v) is 3.67. The number of halogens is 3. The van der Waals surface area contributed by atoms with Crippen LogP contribution in [0.5, 0.6) is 0 Å². The van der Waals surface area contributed by atoms with Gasteiger partial charge in [0.25, 0.3) is 0 Å². The lowest BCUT2D eigenvalue weighted by Gasteiger charge is -2.14. The van der Waals surface area contributed by atoms with Crippen LogP contribution >= 0.6 is 0 Å². The highest BCUT2D eigenvalue weighted by Crippen LogP contribution is 2.25. The minimum atomic E-state index is -0.960. The summed E-state index contributed by atoms with van der Waals surface area (Å²) in [7, 11) is 0.